The van der Waals surface area contributed by atoms with Gasteiger partial charge in [-0.3, -0.25) is 14.4 Å². The first-order chi connectivity index (χ1) is 17.4. The summed E-state index contributed by atoms with van der Waals surface area (Å²) in [6, 6.07) is -0.100. The number of benzene rings is 1. The van der Waals surface area contributed by atoms with Gasteiger partial charge in [-0.05, 0) is 19.8 Å². The van der Waals surface area contributed by atoms with Gasteiger partial charge < -0.3 is 29.5 Å². The second kappa shape index (κ2) is 8.53. The second-order valence-electron chi connectivity index (χ2n) is 9.66. The van der Waals surface area contributed by atoms with Crippen molar-refractivity contribution in [2.75, 3.05) is 20.1 Å². The van der Waals surface area contributed by atoms with Gasteiger partial charge in [0.2, 0.25) is 5.43 Å². The van der Waals surface area contributed by atoms with Crippen LogP contribution in [0.2, 0.25) is 0 Å². The molecular weight excluding hydrogens is 497 g/mol. The number of nitrogens with one attached hydrogen (secondary N) is 1. The Morgan fingerprint density at radius 1 is 1.22 bits per heavy atom. The van der Waals surface area contributed by atoms with Crippen LogP contribution in [0.1, 0.15) is 52.2 Å². The molecule has 4 heterocycles. The van der Waals surface area contributed by atoms with Crippen LogP contribution in [0.15, 0.2) is 23.1 Å². The number of carbonyl (C=O) groups excluding carboxylic acids is 3. The molecule has 2 unspecified atom stereocenters. The molecule has 2 bridgehead atoms. The lowest BCUT2D eigenvalue weighted by molar-refractivity contribution is -0.00217. The van der Waals surface area contributed by atoms with E-state index < -0.39 is 75.9 Å². The fourth-order valence-electron chi connectivity index (χ4n) is 5.37. The first-order valence-electron chi connectivity index (χ1n) is 11.6. The van der Waals surface area contributed by atoms with Crippen LogP contribution in [-0.4, -0.2) is 69.2 Å². The lowest BCUT2D eigenvalue weighted by Gasteiger charge is -2.42. The minimum Gasteiger partial charge on any atom is -0.503 e. The Morgan fingerprint density at radius 3 is 2.51 bits per heavy atom. The predicted octanol–water partition coefficient (Wildman–Crippen LogP) is 1.90. The molecule has 3 atom stereocenters. The molecule has 5 rings (SSSR count). The number of hydrogen-bond acceptors (Lipinski definition) is 6. The summed E-state index contributed by atoms with van der Waals surface area (Å²) >= 11 is 0. The van der Waals surface area contributed by atoms with E-state index in [0.717, 1.165) is 6.20 Å². The number of amides is 3. The number of halogens is 3. The van der Waals surface area contributed by atoms with Crippen molar-refractivity contribution in [3.63, 3.8) is 0 Å². The average Bonchev–Trinajstić information content (AvgIpc) is 3.05. The van der Waals surface area contributed by atoms with E-state index in [1.165, 1.54) is 14.4 Å². The molecule has 3 amide bonds. The van der Waals surface area contributed by atoms with E-state index in [1.54, 1.807) is 7.05 Å². The molecule has 3 aliphatic heterocycles. The standard InChI is InChI=1S/C24H23F3N4O6/c1-11-3-4-24(10-29(2)23(36)37-24)17-9-30(11)22(35)18-20(33)19(32)14(8-31(17)18)21(34)28-7-13-15(26)5-12(25)6-16(13)27/h5-6,8,11,17,33H,3-4,7,9-10H2,1-2H3,(H,28,34)/t11?,17?,24-/m1/s1. The summed E-state index contributed by atoms with van der Waals surface area (Å²) in [6.07, 6.45) is 1.40. The molecule has 1 spiro atoms. The van der Waals surface area contributed by atoms with Crippen molar-refractivity contribution in [2.45, 2.75) is 44.0 Å². The van der Waals surface area contributed by atoms with Gasteiger partial charge in [0.05, 0.1) is 12.6 Å². The molecule has 13 heteroatoms. The van der Waals surface area contributed by atoms with E-state index in [2.05, 4.69) is 5.32 Å². The molecule has 3 aliphatic rings. The SMILES string of the molecule is CC1CC[C@@]2(CN(C)C(=O)O2)C2CN1C(=O)c1c(O)c(=O)c(C(=O)NCc3c(F)cc(F)cc3F)cn12. The number of fused-ring (bicyclic) bond motifs is 5. The van der Waals surface area contributed by atoms with Crippen molar-refractivity contribution >= 4 is 17.9 Å². The van der Waals surface area contributed by atoms with Gasteiger partial charge in [0.1, 0.15) is 23.0 Å². The van der Waals surface area contributed by atoms with Crippen molar-refractivity contribution < 1.29 is 37.4 Å². The third-order valence-electron chi connectivity index (χ3n) is 7.39. The molecule has 10 nitrogen and oxygen atoms in total. The van der Waals surface area contributed by atoms with Crippen LogP contribution in [0.5, 0.6) is 5.75 Å². The zero-order chi connectivity index (χ0) is 26.8. The Kier molecular flexibility index (Phi) is 5.68. The normalized spacial score (nSPS) is 24.7. The molecule has 1 aromatic carbocycles. The molecular formula is C24H23F3N4O6. The summed E-state index contributed by atoms with van der Waals surface area (Å²) in [5.74, 6) is -6.24. The number of ether oxygens (including phenoxy) is 1. The fraction of sp³-hybridized carbons (Fsp3) is 0.417. The van der Waals surface area contributed by atoms with Gasteiger partial charge in [-0.2, -0.15) is 0 Å². The van der Waals surface area contributed by atoms with E-state index in [9.17, 15) is 37.5 Å². The van der Waals surface area contributed by atoms with Gasteiger partial charge in [-0.15, -0.1) is 0 Å². The van der Waals surface area contributed by atoms with Crippen LogP contribution >= 0.6 is 0 Å². The summed E-state index contributed by atoms with van der Waals surface area (Å²) in [6.45, 7) is 1.39. The fourth-order valence-corrected chi connectivity index (χ4v) is 5.37. The first-order valence-corrected chi connectivity index (χ1v) is 11.6. The third kappa shape index (κ3) is 3.80. The molecule has 1 aromatic heterocycles. The number of hydrogen-bond donors (Lipinski definition) is 2. The smallest absolute Gasteiger partial charge is 0.410 e. The molecule has 2 saturated heterocycles. The van der Waals surface area contributed by atoms with Gasteiger partial charge >= 0.3 is 6.09 Å². The van der Waals surface area contributed by atoms with Crippen LogP contribution in [0.4, 0.5) is 18.0 Å². The summed E-state index contributed by atoms with van der Waals surface area (Å²) in [5.41, 5.74) is -3.80. The van der Waals surface area contributed by atoms with Gasteiger partial charge in [0, 0.05) is 50.1 Å². The highest BCUT2D eigenvalue weighted by atomic mass is 19.1. The Hall–Kier alpha value is -4.03. The van der Waals surface area contributed by atoms with E-state index >= 15 is 0 Å². The molecule has 2 N–H and O–H groups in total. The Bertz CT molecular complexity index is 1390. The molecule has 2 aromatic rings. The van der Waals surface area contributed by atoms with Gasteiger partial charge in [-0.1, -0.05) is 0 Å². The lowest BCUT2D eigenvalue weighted by atomic mass is 9.88. The summed E-state index contributed by atoms with van der Waals surface area (Å²) in [4.78, 5) is 54.3. The zero-order valence-corrected chi connectivity index (χ0v) is 19.9. The Labute approximate surface area is 208 Å². The van der Waals surface area contributed by atoms with Crippen molar-refractivity contribution in [3.05, 3.63) is 62.8 Å². The minimum atomic E-state index is -1.23. The van der Waals surface area contributed by atoms with Crippen LogP contribution in [0.25, 0.3) is 0 Å². The second-order valence-corrected chi connectivity index (χ2v) is 9.66. The number of carbonyl (C=O) groups is 3. The summed E-state index contributed by atoms with van der Waals surface area (Å²) < 4.78 is 48.2. The van der Waals surface area contributed by atoms with E-state index in [0.29, 0.717) is 25.0 Å². The largest absolute Gasteiger partial charge is 0.503 e. The van der Waals surface area contributed by atoms with E-state index in [4.69, 9.17) is 4.74 Å². The van der Waals surface area contributed by atoms with E-state index in [-0.39, 0.29) is 24.8 Å². The van der Waals surface area contributed by atoms with Crippen LogP contribution < -0.4 is 10.7 Å². The molecule has 196 valence electrons. The number of nitrogens with zero attached hydrogens (tertiary/aromatic N) is 3. The van der Waals surface area contributed by atoms with Crippen LogP contribution in [0, 0.1) is 17.5 Å². The molecule has 2 fully saturated rings. The first kappa shape index (κ1) is 24.7. The Balaban J connectivity index is 1.56. The maximum absolute atomic E-state index is 14.0. The van der Waals surface area contributed by atoms with Crippen molar-refractivity contribution in [2.24, 2.45) is 0 Å². The average molecular weight is 520 g/mol. The quantitative estimate of drug-likeness (QED) is 0.638. The van der Waals surface area contributed by atoms with Crippen molar-refractivity contribution in [3.8, 4) is 5.75 Å². The molecule has 0 aliphatic carbocycles. The maximum Gasteiger partial charge on any atom is 0.410 e. The monoisotopic (exact) mass is 520 g/mol. The summed E-state index contributed by atoms with van der Waals surface area (Å²) in [5, 5.41) is 13.0. The maximum atomic E-state index is 14.0. The number of aromatic hydroxyl groups is 1. The van der Waals surface area contributed by atoms with Crippen LogP contribution in [0.3, 0.4) is 0 Å². The lowest BCUT2D eigenvalue weighted by Crippen LogP contribution is -2.53. The topological polar surface area (TPSA) is 121 Å². The summed E-state index contributed by atoms with van der Waals surface area (Å²) in [7, 11) is 1.56. The van der Waals surface area contributed by atoms with Gasteiger partial charge in [0.15, 0.2) is 17.0 Å². The number of pyridine rings is 1. The highest BCUT2D eigenvalue weighted by Gasteiger charge is 2.56. The highest BCUT2D eigenvalue weighted by Crippen LogP contribution is 2.44. The highest BCUT2D eigenvalue weighted by molar-refractivity contribution is 5.99. The van der Waals surface area contributed by atoms with Crippen LogP contribution in [-0.2, 0) is 11.3 Å². The minimum absolute atomic E-state index is 0.101. The zero-order valence-electron chi connectivity index (χ0n) is 19.9. The number of likely N-dealkylation sites (N-methyl/N-ethyl adjacent to an activating group) is 1. The number of rotatable bonds is 3. The van der Waals surface area contributed by atoms with Crippen molar-refractivity contribution in [1.82, 2.24) is 19.7 Å². The third-order valence-corrected chi connectivity index (χ3v) is 7.39. The van der Waals surface area contributed by atoms with Gasteiger partial charge in [0.25, 0.3) is 11.8 Å². The molecule has 37 heavy (non-hydrogen) atoms. The molecule has 0 radical (unpaired) electrons. The van der Waals surface area contributed by atoms with Crippen molar-refractivity contribution in [1.29, 1.82) is 0 Å². The Morgan fingerprint density at radius 2 is 1.89 bits per heavy atom. The number of aromatic nitrogens is 1. The predicted molar refractivity (Wildman–Crippen MR) is 120 cm³/mol. The van der Waals surface area contributed by atoms with E-state index in [1.807, 2.05) is 6.92 Å². The van der Waals surface area contributed by atoms with Gasteiger partial charge in [-0.25, -0.2) is 18.0 Å². The molecule has 0 saturated carbocycles.